The van der Waals surface area contributed by atoms with E-state index in [-0.39, 0.29) is 12.3 Å². The van der Waals surface area contributed by atoms with Crippen LogP contribution >= 0.6 is 23.4 Å². The van der Waals surface area contributed by atoms with E-state index in [4.69, 9.17) is 21.1 Å². The van der Waals surface area contributed by atoms with Crippen molar-refractivity contribution in [1.29, 1.82) is 0 Å². The normalized spacial score (nSPS) is 14.6. The number of amides is 1. The fraction of sp³-hybridized carbons (Fsp3) is 0.217. The molecule has 0 saturated heterocycles. The summed E-state index contributed by atoms with van der Waals surface area (Å²) in [5.74, 6) is 1.35. The molecule has 4 rings (SSSR count). The number of nitrogens with zero attached hydrogens (tertiary/aromatic N) is 4. The van der Waals surface area contributed by atoms with E-state index in [1.165, 1.54) is 11.8 Å². The Morgan fingerprint density at radius 2 is 2.12 bits per heavy atom. The summed E-state index contributed by atoms with van der Waals surface area (Å²) in [6.45, 7) is 5.53. The third-order valence-corrected chi connectivity index (χ3v) is 6.00. The lowest BCUT2D eigenvalue weighted by Gasteiger charge is -2.30. The van der Waals surface area contributed by atoms with Gasteiger partial charge < -0.3 is 9.47 Å². The quantitative estimate of drug-likeness (QED) is 0.358. The number of methoxy groups -OCH3 is 1. The molecular formula is C23H21ClN4O3S. The second kappa shape index (κ2) is 9.58. The van der Waals surface area contributed by atoms with E-state index in [1.807, 2.05) is 37.3 Å². The van der Waals surface area contributed by atoms with Crippen LogP contribution in [0.25, 0.3) is 11.3 Å². The molecule has 1 aliphatic rings. The van der Waals surface area contributed by atoms with Gasteiger partial charge in [0.25, 0.3) is 0 Å². The van der Waals surface area contributed by atoms with Gasteiger partial charge in [-0.3, -0.25) is 9.69 Å². The number of anilines is 1. The first-order valence-electron chi connectivity index (χ1n) is 9.97. The molecule has 7 nitrogen and oxygen atoms in total. The molecule has 9 heteroatoms. The molecule has 0 N–H and O–H groups in total. The summed E-state index contributed by atoms with van der Waals surface area (Å²) in [7, 11) is 1.55. The molecule has 2 heterocycles. The van der Waals surface area contributed by atoms with Gasteiger partial charge in [-0.15, -0.1) is 16.8 Å². The number of carbonyl (C=O) groups excluding carboxylic acids is 1. The van der Waals surface area contributed by atoms with Gasteiger partial charge in [-0.05, 0) is 24.3 Å². The van der Waals surface area contributed by atoms with Gasteiger partial charge in [0.05, 0.1) is 17.8 Å². The minimum absolute atomic E-state index is 0.114. The zero-order chi connectivity index (χ0) is 22.7. The predicted molar refractivity (Wildman–Crippen MR) is 125 cm³/mol. The van der Waals surface area contributed by atoms with Crippen molar-refractivity contribution < 1.29 is 14.3 Å². The maximum atomic E-state index is 13.2. The third kappa shape index (κ3) is 4.16. The van der Waals surface area contributed by atoms with Crippen LogP contribution in [0.2, 0.25) is 5.02 Å². The van der Waals surface area contributed by atoms with E-state index < -0.39 is 6.23 Å². The second-order valence-electron chi connectivity index (χ2n) is 6.85. The summed E-state index contributed by atoms with van der Waals surface area (Å²) < 4.78 is 11.6. The second-order valence-corrected chi connectivity index (χ2v) is 8.24. The van der Waals surface area contributed by atoms with Crippen LogP contribution in [0.15, 0.2) is 60.3 Å². The highest BCUT2D eigenvalue weighted by Gasteiger charge is 2.35. The molecular weight excluding hydrogens is 448 g/mol. The Labute approximate surface area is 195 Å². The van der Waals surface area contributed by atoms with Crippen molar-refractivity contribution in [2.24, 2.45) is 0 Å². The zero-order valence-corrected chi connectivity index (χ0v) is 19.2. The summed E-state index contributed by atoms with van der Waals surface area (Å²) in [5.41, 5.74) is 2.53. The van der Waals surface area contributed by atoms with Crippen molar-refractivity contribution in [2.45, 2.75) is 24.7 Å². The van der Waals surface area contributed by atoms with Gasteiger partial charge in [-0.25, -0.2) is 0 Å². The van der Waals surface area contributed by atoms with Crippen LogP contribution in [0.1, 0.15) is 25.1 Å². The van der Waals surface area contributed by atoms with Gasteiger partial charge >= 0.3 is 0 Å². The summed E-state index contributed by atoms with van der Waals surface area (Å²) in [5, 5.41) is 9.49. The highest BCUT2D eigenvalue weighted by molar-refractivity contribution is 7.99. The monoisotopic (exact) mass is 468 g/mol. The minimum Gasteiger partial charge on any atom is -0.495 e. The number of hydrogen-bond donors (Lipinski definition) is 0. The van der Waals surface area contributed by atoms with E-state index in [0.717, 1.165) is 0 Å². The van der Waals surface area contributed by atoms with Gasteiger partial charge in [0.2, 0.25) is 23.2 Å². The van der Waals surface area contributed by atoms with E-state index in [9.17, 15) is 4.79 Å². The van der Waals surface area contributed by atoms with Crippen LogP contribution in [-0.4, -0.2) is 34.0 Å². The van der Waals surface area contributed by atoms with Crippen LogP contribution in [-0.2, 0) is 4.79 Å². The van der Waals surface area contributed by atoms with Crippen molar-refractivity contribution in [3.05, 3.63) is 65.7 Å². The Morgan fingerprint density at radius 3 is 2.84 bits per heavy atom. The van der Waals surface area contributed by atoms with Gasteiger partial charge in [0.1, 0.15) is 5.75 Å². The molecule has 0 unspecified atom stereocenters. The highest BCUT2D eigenvalue weighted by Crippen LogP contribution is 2.44. The lowest BCUT2D eigenvalue weighted by molar-refractivity contribution is -0.120. The van der Waals surface area contributed by atoms with Gasteiger partial charge in [-0.1, -0.05) is 54.6 Å². The first-order chi connectivity index (χ1) is 15.6. The summed E-state index contributed by atoms with van der Waals surface area (Å²) in [4.78, 5) is 19.4. The number of halogens is 1. The summed E-state index contributed by atoms with van der Waals surface area (Å²) in [6, 6.07) is 12.8. The first-order valence-corrected chi connectivity index (χ1v) is 11.3. The number of aromatic nitrogens is 3. The van der Waals surface area contributed by atoms with E-state index in [1.54, 1.807) is 30.2 Å². The predicted octanol–water partition coefficient (Wildman–Crippen LogP) is 5.31. The first kappa shape index (κ1) is 22.1. The molecule has 1 aliphatic heterocycles. The molecule has 0 aliphatic carbocycles. The fourth-order valence-corrected chi connectivity index (χ4v) is 4.18. The van der Waals surface area contributed by atoms with Crippen LogP contribution in [0, 0.1) is 0 Å². The van der Waals surface area contributed by atoms with Crippen LogP contribution in [0.5, 0.6) is 11.6 Å². The minimum atomic E-state index is -0.804. The molecule has 1 amide bonds. The molecule has 1 atom stereocenters. The summed E-state index contributed by atoms with van der Waals surface area (Å²) >= 11 is 7.80. The molecule has 2 aromatic carbocycles. The average Bonchev–Trinajstić information content (AvgIpc) is 2.96. The largest absolute Gasteiger partial charge is 0.495 e. The molecule has 164 valence electrons. The molecule has 0 radical (unpaired) electrons. The van der Waals surface area contributed by atoms with E-state index in [0.29, 0.717) is 50.1 Å². The Morgan fingerprint density at radius 1 is 1.31 bits per heavy atom. The summed E-state index contributed by atoms with van der Waals surface area (Å²) in [6.07, 6.45) is 1.25. The molecule has 0 saturated carbocycles. The van der Waals surface area contributed by atoms with Crippen LogP contribution in [0.3, 0.4) is 0 Å². The lowest BCUT2D eigenvalue weighted by atomic mass is 10.1. The Kier molecular flexibility index (Phi) is 6.62. The number of hydrogen-bond acceptors (Lipinski definition) is 7. The number of rotatable bonds is 6. The molecule has 32 heavy (non-hydrogen) atoms. The van der Waals surface area contributed by atoms with E-state index >= 15 is 0 Å². The maximum Gasteiger partial charge on any atom is 0.247 e. The van der Waals surface area contributed by atoms with Crippen molar-refractivity contribution in [2.75, 3.05) is 17.8 Å². The van der Waals surface area contributed by atoms with Crippen molar-refractivity contribution >= 4 is 35.0 Å². The van der Waals surface area contributed by atoms with E-state index in [2.05, 4.69) is 21.8 Å². The molecule has 1 aromatic heterocycles. The smallest absolute Gasteiger partial charge is 0.247 e. The lowest BCUT2D eigenvalue weighted by Crippen LogP contribution is -2.37. The topological polar surface area (TPSA) is 77.4 Å². The van der Waals surface area contributed by atoms with Crippen molar-refractivity contribution in [3.63, 3.8) is 0 Å². The standard InChI is InChI=1S/C23H21ClN4O3S/c1-4-12-32-23-25-21-20(26-27-23)15-8-6-7-9-17(15)28(19(29)5-2)22(31-21)14-10-11-18(30-3)16(24)13-14/h4,6-11,13,22H,1,5,12H2,2-3H3/t22-/m0/s1. The third-order valence-electron chi connectivity index (χ3n) is 4.87. The number of ether oxygens (including phenoxy) is 2. The Bertz CT molecular complexity index is 1170. The molecule has 0 spiro atoms. The fourth-order valence-electron chi connectivity index (χ4n) is 3.40. The van der Waals surface area contributed by atoms with Crippen molar-refractivity contribution in [3.8, 4) is 22.9 Å². The van der Waals surface area contributed by atoms with Crippen LogP contribution in [0.4, 0.5) is 5.69 Å². The molecule has 0 bridgehead atoms. The Hall–Kier alpha value is -3.10. The van der Waals surface area contributed by atoms with Crippen molar-refractivity contribution in [1.82, 2.24) is 15.2 Å². The SMILES string of the molecule is C=CCSc1nnc2c(n1)O[C@@H](c1ccc(OC)c(Cl)c1)N(C(=O)CC)c1ccccc1-2. The van der Waals surface area contributed by atoms with Gasteiger partial charge in [0, 0.05) is 23.3 Å². The molecule has 3 aromatic rings. The number of thioether (sulfide) groups is 1. The van der Waals surface area contributed by atoms with Crippen LogP contribution < -0.4 is 14.4 Å². The maximum absolute atomic E-state index is 13.2. The zero-order valence-electron chi connectivity index (χ0n) is 17.6. The number of fused-ring (bicyclic) bond motifs is 3. The average molecular weight is 469 g/mol. The number of para-hydroxylation sites is 1. The Balaban J connectivity index is 1.91. The highest BCUT2D eigenvalue weighted by atomic mass is 35.5. The van der Waals surface area contributed by atoms with Gasteiger partial charge in [-0.2, -0.15) is 4.98 Å². The number of benzene rings is 2. The molecule has 0 fully saturated rings. The number of carbonyl (C=O) groups is 1. The van der Waals surface area contributed by atoms with Gasteiger partial charge in [0.15, 0.2) is 5.69 Å².